The molecule has 0 saturated heterocycles. The number of aliphatic hydroxyl groups excluding tert-OH is 1. The minimum atomic E-state index is -0.190. The zero-order valence-corrected chi connectivity index (χ0v) is 10.00. The number of rotatable bonds is 4. The van der Waals surface area contributed by atoms with Crippen molar-refractivity contribution in [3.63, 3.8) is 0 Å². The van der Waals surface area contributed by atoms with E-state index in [-0.39, 0.29) is 12.1 Å². The van der Waals surface area contributed by atoms with Gasteiger partial charge in [0.15, 0.2) is 0 Å². The van der Waals surface area contributed by atoms with Gasteiger partial charge in [-0.05, 0) is 43.4 Å². The van der Waals surface area contributed by atoms with Crippen LogP contribution in [0, 0.1) is 0 Å². The van der Waals surface area contributed by atoms with Crippen molar-refractivity contribution in [2.24, 2.45) is 0 Å². The lowest BCUT2D eigenvalue weighted by Crippen LogP contribution is -2.48. The molecule has 0 radical (unpaired) electrons. The van der Waals surface area contributed by atoms with Crippen LogP contribution in [0.4, 0.5) is 0 Å². The summed E-state index contributed by atoms with van der Waals surface area (Å²) in [5.41, 5.74) is 2.51. The van der Waals surface area contributed by atoms with Gasteiger partial charge in [0.2, 0.25) is 0 Å². The first kappa shape index (κ1) is 11.6. The number of aliphatic hydroxyl groups is 1. The highest BCUT2D eigenvalue weighted by Crippen LogP contribution is 2.34. The Bertz CT molecular complexity index is 350. The van der Waals surface area contributed by atoms with E-state index in [1.165, 1.54) is 11.1 Å². The van der Waals surface area contributed by atoms with Gasteiger partial charge in [-0.3, -0.25) is 0 Å². The Morgan fingerprint density at radius 3 is 2.94 bits per heavy atom. The quantitative estimate of drug-likeness (QED) is 0.813. The topological polar surface area (TPSA) is 32.3 Å². The highest BCUT2D eigenvalue weighted by Gasteiger charge is 2.34. The molecule has 0 aromatic heterocycles. The summed E-state index contributed by atoms with van der Waals surface area (Å²) < 4.78 is 0. The summed E-state index contributed by atoms with van der Waals surface area (Å²) in [6, 6.07) is 8.51. The van der Waals surface area contributed by atoms with Gasteiger partial charge >= 0.3 is 0 Å². The van der Waals surface area contributed by atoms with Crippen molar-refractivity contribution in [2.45, 2.75) is 38.1 Å². The molecule has 0 heterocycles. The van der Waals surface area contributed by atoms with Crippen molar-refractivity contribution in [1.29, 1.82) is 0 Å². The van der Waals surface area contributed by atoms with Crippen molar-refractivity contribution < 1.29 is 5.11 Å². The van der Waals surface area contributed by atoms with E-state index in [2.05, 4.69) is 36.5 Å². The summed E-state index contributed by atoms with van der Waals surface area (Å²) in [5, 5.41) is 13.3. The second-order valence-corrected chi connectivity index (χ2v) is 4.68. The van der Waals surface area contributed by atoms with E-state index >= 15 is 0 Å². The van der Waals surface area contributed by atoms with Crippen LogP contribution >= 0.6 is 0 Å². The highest BCUT2D eigenvalue weighted by atomic mass is 16.3. The monoisotopic (exact) mass is 219 g/mol. The number of hydrogen-bond donors (Lipinski definition) is 2. The van der Waals surface area contributed by atoms with Gasteiger partial charge in [-0.1, -0.05) is 31.2 Å². The standard InChI is InChI=1S/C14H21NO/c1-2-10-15-14(11-16)9-5-7-12-6-3-4-8-13(12)14/h3-4,6,8,15-16H,2,5,7,9-11H2,1H3. The third-order valence-electron chi connectivity index (χ3n) is 3.57. The summed E-state index contributed by atoms with van der Waals surface area (Å²) in [6.45, 7) is 3.33. The fourth-order valence-electron chi connectivity index (χ4n) is 2.69. The Hall–Kier alpha value is -0.860. The van der Waals surface area contributed by atoms with Gasteiger partial charge in [0.25, 0.3) is 0 Å². The van der Waals surface area contributed by atoms with E-state index in [0.717, 1.165) is 32.2 Å². The van der Waals surface area contributed by atoms with E-state index in [1.807, 2.05) is 0 Å². The van der Waals surface area contributed by atoms with Crippen molar-refractivity contribution in [2.75, 3.05) is 13.2 Å². The lowest BCUT2D eigenvalue weighted by Gasteiger charge is -2.38. The molecule has 1 aromatic rings. The maximum atomic E-state index is 9.75. The number of fused-ring (bicyclic) bond motifs is 1. The molecule has 1 aliphatic carbocycles. The number of aryl methyl sites for hydroxylation is 1. The molecule has 1 unspecified atom stereocenters. The minimum Gasteiger partial charge on any atom is -0.394 e. The molecule has 0 spiro atoms. The summed E-state index contributed by atoms with van der Waals surface area (Å²) in [6.07, 6.45) is 4.45. The molecule has 0 fully saturated rings. The van der Waals surface area contributed by atoms with Crippen LogP contribution in [0.25, 0.3) is 0 Å². The zero-order valence-electron chi connectivity index (χ0n) is 10.00. The molecule has 0 saturated carbocycles. The molecule has 2 heteroatoms. The number of hydrogen-bond acceptors (Lipinski definition) is 2. The lowest BCUT2D eigenvalue weighted by molar-refractivity contribution is 0.142. The van der Waals surface area contributed by atoms with Crippen LogP contribution in [-0.4, -0.2) is 18.3 Å². The largest absolute Gasteiger partial charge is 0.394 e. The fourth-order valence-corrected chi connectivity index (χ4v) is 2.69. The first-order valence-corrected chi connectivity index (χ1v) is 6.26. The van der Waals surface area contributed by atoms with Crippen molar-refractivity contribution in [3.8, 4) is 0 Å². The van der Waals surface area contributed by atoms with Crippen LogP contribution in [0.3, 0.4) is 0 Å². The Morgan fingerprint density at radius 2 is 2.19 bits per heavy atom. The van der Waals surface area contributed by atoms with Crippen LogP contribution in [0.5, 0.6) is 0 Å². The smallest absolute Gasteiger partial charge is 0.0671 e. The van der Waals surface area contributed by atoms with E-state index in [0.29, 0.717) is 0 Å². The van der Waals surface area contributed by atoms with Crippen LogP contribution in [0.2, 0.25) is 0 Å². The molecule has 88 valence electrons. The first-order valence-electron chi connectivity index (χ1n) is 6.26. The molecule has 2 rings (SSSR count). The van der Waals surface area contributed by atoms with E-state index in [4.69, 9.17) is 0 Å². The molecule has 2 N–H and O–H groups in total. The van der Waals surface area contributed by atoms with Crippen molar-refractivity contribution >= 4 is 0 Å². The van der Waals surface area contributed by atoms with E-state index in [9.17, 15) is 5.11 Å². The summed E-state index contributed by atoms with van der Waals surface area (Å²) in [4.78, 5) is 0. The Kier molecular flexibility index (Phi) is 3.62. The Morgan fingerprint density at radius 1 is 1.38 bits per heavy atom. The van der Waals surface area contributed by atoms with Gasteiger partial charge in [0, 0.05) is 0 Å². The normalized spacial score (nSPS) is 24.1. The molecule has 1 aromatic carbocycles. The first-order chi connectivity index (χ1) is 7.82. The summed E-state index contributed by atoms with van der Waals surface area (Å²) in [7, 11) is 0. The van der Waals surface area contributed by atoms with Crippen LogP contribution in [0.1, 0.15) is 37.3 Å². The number of benzene rings is 1. The van der Waals surface area contributed by atoms with Gasteiger partial charge < -0.3 is 10.4 Å². The highest BCUT2D eigenvalue weighted by molar-refractivity contribution is 5.36. The second-order valence-electron chi connectivity index (χ2n) is 4.68. The Labute approximate surface area is 97.7 Å². The average molecular weight is 219 g/mol. The maximum Gasteiger partial charge on any atom is 0.0671 e. The van der Waals surface area contributed by atoms with Crippen molar-refractivity contribution in [3.05, 3.63) is 35.4 Å². The molecular weight excluding hydrogens is 198 g/mol. The predicted molar refractivity (Wildman–Crippen MR) is 66.4 cm³/mol. The predicted octanol–water partition coefficient (Wildman–Crippen LogP) is 2.21. The SMILES string of the molecule is CCCNC1(CO)CCCc2ccccc21. The van der Waals surface area contributed by atoms with Crippen molar-refractivity contribution in [1.82, 2.24) is 5.32 Å². The van der Waals surface area contributed by atoms with Gasteiger partial charge in [-0.15, -0.1) is 0 Å². The van der Waals surface area contributed by atoms with Gasteiger partial charge in [0.05, 0.1) is 12.1 Å². The van der Waals surface area contributed by atoms with Gasteiger partial charge in [-0.25, -0.2) is 0 Å². The summed E-state index contributed by atoms with van der Waals surface area (Å²) >= 11 is 0. The molecule has 2 nitrogen and oxygen atoms in total. The Balaban J connectivity index is 2.33. The van der Waals surface area contributed by atoms with Gasteiger partial charge in [0.1, 0.15) is 0 Å². The molecular formula is C14H21NO. The second kappa shape index (κ2) is 4.98. The fraction of sp³-hybridized carbons (Fsp3) is 0.571. The molecule has 0 bridgehead atoms. The molecule has 0 aliphatic heterocycles. The third kappa shape index (κ3) is 2.00. The summed E-state index contributed by atoms with van der Waals surface area (Å²) in [5.74, 6) is 0. The molecule has 1 atom stereocenters. The molecule has 16 heavy (non-hydrogen) atoms. The lowest BCUT2D eigenvalue weighted by atomic mass is 9.77. The third-order valence-corrected chi connectivity index (χ3v) is 3.57. The zero-order chi connectivity index (χ0) is 11.4. The van der Waals surface area contributed by atoms with Gasteiger partial charge in [-0.2, -0.15) is 0 Å². The maximum absolute atomic E-state index is 9.75. The minimum absolute atomic E-state index is 0.190. The van der Waals surface area contributed by atoms with E-state index in [1.54, 1.807) is 0 Å². The van der Waals surface area contributed by atoms with Crippen LogP contribution in [0.15, 0.2) is 24.3 Å². The van der Waals surface area contributed by atoms with E-state index < -0.39 is 0 Å². The average Bonchev–Trinajstić information content (AvgIpc) is 2.36. The molecule has 0 amide bonds. The molecule has 1 aliphatic rings. The van der Waals surface area contributed by atoms with Crippen LogP contribution in [-0.2, 0) is 12.0 Å². The van der Waals surface area contributed by atoms with Crippen LogP contribution < -0.4 is 5.32 Å². The number of nitrogens with one attached hydrogen (secondary N) is 1.